The third-order valence-corrected chi connectivity index (χ3v) is 2.68. The zero-order valence-corrected chi connectivity index (χ0v) is 8.86. The minimum Gasteiger partial charge on any atom is -0.319 e. The van der Waals surface area contributed by atoms with Gasteiger partial charge in [-0.1, -0.05) is 29.4 Å². The molecule has 0 saturated heterocycles. The lowest BCUT2D eigenvalue weighted by Crippen LogP contribution is -2.23. The highest BCUT2D eigenvalue weighted by molar-refractivity contribution is 5.91. The summed E-state index contributed by atoms with van der Waals surface area (Å²) in [6, 6.07) is 8.26. The van der Waals surface area contributed by atoms with Crippen molar-refractivity contribution in [3.8, 4) is 0 Å². The molecule has 0 heterocycles. The second-order valence-corrected chi connectivity index (χ2v) is 3.77. The van der Waals surface area contributed by atoms with Crippen LogP contribution in [0.5, 0.6) is 0 Å². The molecule has 2 rings (SSSR count). The second kappa shape index (κ2) is 3.85. The normalized spacial score (nSPS) is 19.1. The van der Waals surface area contributed by atoms with E-state index in [1.165, 1.54) is 18.1 Å². The number of benzene rings is 1. The topological polar surface area (TPSA) is 38.7 Å². The molecule has 3 heteroatoms. The largest absolute Gasteiger partial charge is 0.331 e. The summed E-state index contributed by atoms with van der Waals surface area (Å²) in [5.41, 5.74) is 3.52. The summed E-state index contributed by atoms with van der Waals surface area (Å²) in [7, 11) is 0. The van der Waals surface area contributed by atoms with Crippen LogP contribution in [-0.4, -0.2) is 11.7 Å². The first-order valence-corrected chi connectivity index (χ1v) is 4.98. The van der Waals surface area contributed by atoms with Gasteiger partial charge in [0, 0.05) is 12.8 Å². The zero-order chi connectivity index (χ0) is 10.8. The molecule has 0 fully saturated rings. The average Bonchev–Trinajstić information content (AvgIpc) is 2.17. The number of nitrogens with zero attached hydrogens (tertiary/aromatic N) is 1. The molecule has 0 saturated carbocycles. The van der Waals surface area contributed by atoms with Crippen LogP contribution in [0.15, 0.2) is 29.4 Å². The van der Waals surface area contributed by atoms with Gasteiger partial charge in [0.15, 0.2) is 0 Å². The molecule has 3 nitrogen and oxygen atoms in total. The fourth-order valence-corrected chi connectivity index (χ4v) is 1.83. The summed E-state index contributed by atoms with van der Waals surface area (Å²) in [5.74, 6) is -0.0532. The summed E-state index contributed by atoms with van der Waals surface area (Å²) in [5, 5.41) is 3.81. The fraction of sp³-hybridized carbons (Fsp3) is 0.333. The van der Waals surface area contributed by atoms with Gasteiger partial charge < -0.3 is 4.84 Å². The minimum absolute atomic E-state index is 0.320. The highest BCUT2D eigenvalue weighted by atomic mass is 16.7. The molecule has 1 unspecified atom stereocenters. The quantitative estimate of drug-likeness (QED) is 0.420. The Labute approximate surface area is 88.7 Å². The maximum Gasteiger partial charge on any atom is 0.331 e. The third kappa shape index (κ3) is 1.91. The van der Waals surface area contributed by atoms with E-state index in [1.54, 1.807) is 0 Å². The van der Waals surface area contributed by atoms with E-state index in [-0.39, 0.29) is 5.97 Å². The Bertz CT molecular complexity index is 423. The molecule has 15 heavy (non-hydrogen) atoms. The molecular weight excluding hydrogens is 190 g/mol. The van der Waals surface area contributed by atoms with E-state index < -0.39 is 0 Å². The van der Waals surface area contributed by atoms with Crippen molar-refractivity contribution in [3.05, 3.63) is 35.4 Å². The van der Waals surface area contributed by atoms with Crippen molar-refractivity contribution in [2.45, 2.75) is 26.2 Å². The predicted molar refractivity (Wildman–Crippen MR) is 57.8 cm³/mol. The number of hydrogen-bond donors (Lipinski definition) is 0. The van der Waals surface area contributed by atoms with Crippen LogP contribution in [0.3, 0.4) is 0 Å². The molecule has 0 radical (unpaired) electrons. The van der Waals surface area contributed by atoms with Crippen LogP contribution in [0, 0.1) is 0 Å². The molecular formula is C12H13NO2. The molecule has 1 aromatic carbocycles. The molecule has 0 aliphatic heterocycles. The van der Waals surface area contributed by atoms with Gasteiger partial charge >= 0.3 is 5.97 Å². The molecule has 0 spiro atoms. The van der Waals surface area contributed by atoms with Gasteiger partial charge in [-0.3, -0.25) is 0 Å². The van der Waals surface area contributed by atoms with Crippen LogP contribution in [0.25, 0.3) is 0 Å². The van der Waals surface area contributed by atoms with E-state index in [9.17, 15) is 4.79 Å². The van der Waals surface area contributed by atoms with Gasteiger partial charge in [-0.05, 0) is 24.5 Å². The van der Waals surface area contributed by atoms with Gasteiger partial charge in [0.1, 0.15) is 0 Å². The molecule has 1 aromatic rings. The molecule has 0 amide bonds. The molecule has 0 N–H and O–H groups in total. The molecule has 1 atom stereocenters. The van der Waals surface area contributed by atoms with E-state index in [0.29, 0.717) is 5.92 Å². The smallest absolute Gasteiger partial charge is 0.319 e. The van der Waals surface area contributed by atoms with Crippen LogP contribution in [0.1, 0.15) is 30.9 Å². The van der Waals surface area contributed by atoms with Crippen molar-refractivity contribution >= 4 is 11.7 Å². The highest BCUT2D eigenvalue weighted by Gasteiger charge is 2.28. The number of fused-ring (bicyclic) bond motifs is 1. The van der Waals surface area contributed by atoms with Gasteiger partial charge in [0.05, 0.1) is 5.71 Å². The summed E-state index contributed by atoms with van der Waals surface area (Å²) in [6.45, 7) is 3.25. The summed E-state index contributed by atoms with van der Waals surface area (Å²) in [4.78, 5) is 15.2. The van der Waals surface area contributed by atoms with Crippen LogP contribution < -0.4 is 0 Å². The first-order valence-electron chi connectivity index (χ1n) is 4.98. The lowest BCUT2D eigenvalue weighted by atomic mass is 9.75. The van der Waals surface area contributed by atoms with Crippen molar-refractivity contribution in [1.82, 2.24) is 0 Å². The maximum atomic E-state index is 10.6. The second-order valence-electron chi connectivity index (χ2n) is 3.77. The molecule has 78 valence electrons. The molecule has 1 aliphatic carbocycles. The van der Waals surface area contributed by atoms with Crippen LogP contribution in [0.2, 0.25) is 0 Å². The predicted octanol–water partition coefficient (Wildman–Crippen LogP) is 2.27. The number of carbonyl (C=O) groups excluding carboxylic acids is 1. The van der Waals surface area contributed by atoms with Gasteiger partial charge in [-0.25, -0.2) is 4.79 Å². The summed E-state index contributed by atoms with van der Waals surface area (Å²) >= 11 is 0. The lowest BCUT2D eigenvalue weighted by molar-refractivity contribution is -0.140. The first-order chi connectivity index (χ1) is 7.18. The molecule has 0 bridgehead atoms. The fourth-order valence-electron chi connectivity index (χ4n) is 1.83. The van der Waals surface area contributed by atoms with Crippen molar-refractivity contribution in [3.63, 3.8) is 0 Å². The standard InChI is InChI=1S/C12H13NO2/c1-8(13-15-9(2)14)12-7-10-5-3-4-6-11(10)12/h3-6,12H,7H2,1-2H3/b13-8+. The van der Waals surface area contributed by atoms with Crippen molar-refractivity contribution in [2.24, 2.45) is 5.16 Å². The van der Waals surface area contributed by atoms with Crippen molar-refractivity contribution in [1.29, 1.82) is 0 Å². The Kier molecular flexibility index (Phi) is 2.54. The Morgan fingerprint density at radius 2 is 2.13 bits per heavy atom. The van der Waals surface area contributed by atoms with Crippen LogP contribution in [-0.2, 0) is 16.1 Å². The maximum absolute atomic E-state index is 10.6. The summed E-state index contributed by atoms with van der Waals surface area (Å²) < 4.78 is 0. The number of oxime groups is 1. The third-order valence-electron chi connectivity index (χ3n) is 2.68. The Morgan fingerprint density at radius 3 is 2.80 bits per heavy atom. The lowest BCUT2D eigenvalue weighted by Gasteiger charge is -2.29. The zero-order valence-electron chi connectivity index (χ0n) is 8.86. The van der Waals surface area contributed by atoms with E-state index in [1.807, 2.05) is 19.1 Å². The van der Waals surface area contributed by atoms with Gasteiger partial charge in [0.2, 0.25) is 0 Å². The van der Waals surface area contributed by atoms with E-state index in [2.05, 4.69) is 22.1 Å². The van der Waals surface area contributed by atoms with Crippen molar-refractivity contribution < 1.29 is 9.63 Å². The first kappa shape index (κ1) is 9.90. The SMILES string of the molecule is CC(=O)O/N=C(\C)C1Cc2ccccc21. The van der Waals surface area contributed by atoms with Crippen molar-refractivity contribution in [2.75, 3.05) is 0 Å². The van der Waals surface area contributed by atoms with Crippen LogP contribution in [0.4, 0.5) is 0 Å². The Morgan fingerprint density at radius 1 is 1.40 bits per heavy atom. The van der Waals surface area contributed by atoms with Gasteiger partial charge in [-0.2, -0.15) is 0 Å². The number of hydrogen-bond acceptors (Lipinski definition) is 3. The highest BCUT2D eigenvalue weighted by Crippen LogP contribution is 2.35. The van der Waals surface area contributed by atoms with Gasteiger partial charge in [-0.15, -0.1) is 0 Å². The molecule has 1 aliphatic rings. The summed E-state index contributed by atoms with van der Waals surface area (Å²) in [6.07, 6.45) is 0.993. The van der Waals surface area contributed by atoms with E-state index >= 15 is 0 Å². The van der Waals surface area contributed by atoms with Crippen LogP contribution >= 0.6 is 0 Å². The Balaban J connectivity index is 2.10. The van der Waals surface area contributed by atoms with Gasteiger partial charge in [0.25, 0.3) is 0 Å². The van der Waals surface area contributed by atoms with E-state index in [0.717, 1.165) is 12.1 Å². The average molecular weight is 203 g/mol. The monoisotopic (exact) mass is 203 g/mol. The Hall–Kier alpha value is -1.64. The molecule has 0 aromatic heterocycles. The number of rotatable bonds is 2. The number of carbonyl (C=O) groups is 1. The van der Waals surface area contributed by atoms with E-state index in [4.69, 9.17) is 0 Å². The minimum atomic E-state index is -0.373.